The zero-order valence-electron chi connectivity index (χ0n) is 18.8. The molecule has 3 unspecified atom stereocenters. The number of pyridine rings is 1. The standard InChI is InChI=1S/C24H26ClF3N4O2/c1-2-16-10-30(17-6-13-5-14(13)7-17)19(33)11-31(16)23(34)20-21(25)32-9-15(12-3-4-12)8-18(22(32)29-20)24(26,27)28/h8-9,12-14,16-17H,2-7,10-11H2,1H3. The van der Waals surface area contributed by atoms with Crippen molar-refractivity contribution in [1.29, 1.82) is 0 Å². The van der Waals surface area contributed by atoms with Crippen molar-refractivity contribution in [2.75, 3.05) is 13.1 Å². The van der Waals surface area contributed by atoms with Crippen LogP contribution in [-0.4, -0.2) is 56.2 Å². The van der Waals surface area contributed by atoms with Crippen molar-refractivity contribution in [2.45, 2.75) is 69.6 Å². The van der Waals surface area contributed by atoms with Crippen LogP contribution in [0.4, 0.5) is 13.2 Å². The van der Waals surface area contributed by atoms with Gasteiger partial charge in [-0.1, -0.05) is 18.5 Å². The van der Waals surface area contributed by atoms with Gasteiger partial charge in [0.1, 0.15) is 11.7 Å². The largest absolute Gasteiger partial charge is 0.419 e. The van der Waals surface area contributed by atoms with Gasteiger partial charge >= 0.3 is 6.18 Å². The molecule has 0 radical (unpaired) electrons. The third-order valence-electron chi connectivity index (χ3n) is 8.11. The van der Waals surface area contributed by atoms with Gasteiger partial charge < -0.3 is 9.80 Å². The number of piperazine rings is 1. The maximum absolute atomic E-state index is 13.8. The van der Waals surface area contributed by atoms with E-state index in [1.54, 1.807) is 6.20 Å². The van der Waals surface area contributed by atoms with Crippen molar-refractivity contribution in [3.63, 3.8) is 0 Å². The summed E-state index contributed by atoms with van der Waals surface area (Å²) in [5.74, 6) is 0.829. The van der Waals surface area contributed by atoms with Gasteiger partial charge in [0, 0.05) is 24.8 Å². The minimum Gasteiger partial charge on any atom is -0.336 e. The molecule has 182 valence electrons. The lowest BCUT2D eigenvalue weighted by Gasteiger charge is -2.43. The van der Waals surface area contributed by atoms with Crippen LogP contribution in [0.15, 0.2) is 12.3 Å². The summed E-state index contributed by atoms with van der Waals surface area (Å²) >= 11 is 6.46. The van der Waals surface area contributed by atoms with E-state index in [4.69, 9.17) is 11.6 Å². The summed E-state index contributed by atoms with van der Waals surface area (Å²) in [7, 11) is 0. The van der Waals surface area contributed by atoms with Crippen LogP contribution in [0.3, 0.4) is 0 Å². The Labute approximate surface area is 200 Å². The minimum atomic E-state index is -4.63. The van der Waals surface area contributed by atoms with E-state index in [9.17, 15) is 22.8 Å². The van der Waals surface area contributed by atoms with Gasteiger partial charge in [-0.3, -0.25) is 14.0 Å². The van der Waals surface area contributed by atoms with E-state index >= 15 is 0 Å². The molecule has 2 aromatic heterocycles. The Morgan fingerprint density at radius 3 is 2.53 bits per heavy atom. The normalized spacial score (nSPS) is 29.1. The van der Waals surface area contributed by atoms with Gasteiger partial charge in [-0.05, 0) is 67.9 Å². The summed E-state index contributed by atoms with van der Waals surface area (Å²) in [6.45, 7) is 2.28. The van der Waals surface area contributed by atoms with Crippen LogP contribution < -0.4 is 0 Å². The van der Waals surface area contributed by atoms with Crippen LogP contribution in [-0.2, 0) is 11.0 Å². The van der Waals surface area contributed by atoms with E-state index in [2.05, 4.69) is 4.98 Å². The summed E-state index contributed by atoms with van der Waals surface area (Å²) < 4.78 is 42.7. The van der Waals surface area contributed by atoms with Crippen LogP contribution in [0, 0.1) is 11.8 Å². The first-order valence-electron chi connectivity index (χ1n) is 12.0. The highest BCUT2D eigenvalue weighted by Crippen LogP contribution is 2.53. The second kappa shape index (κ2) is 7.60. The van der Waals surface area contributed by atoms with E-state index in [-0.39, 0.29) is 46.9 Å². The second-order valence-corrected chi connectivity index (χ2v) is 10.7. The summed E-state index contributed by atoms with van der Waals surface area (Å²) in [6, 6.07) is 1.12. The Balaban J connectivity index is 1.32. The Bertz CT molecular complexity index is 1180. The molecule has 4 fully saturated rings. The highest BCUT2D eigenvalue weighted by atomic mass is 35.5. The molecule has 3 aliphatic carbocycles. The van der Waals surface area contributed by atoms with Gasteiger partial charge in [-0.2, -0.15) is 13.2 Å². The van der Waals surface area contributed by atoms with Gasteiger partial charge in [0.2, 0.25) is 5.91 Å². The molecule has 0 spiro atoms. The van der Waals surface area contributed by atoms with E-state index < -0.39 is 17.6 Å². The number of imidazole rings is 1. The fourth-order valence-electron chi connectivity index (χ4n) is 5.93. The lowest BCUT2D eigenvalue weighted by Crippen LogP contribution is -2.60. The van der Waals surface area contributed by atoms with Crippen molar-refractivity contribution >= 4 is 29.1 Å². The van der Waals surface area contributed by atoms with Crippen molar-refractivity contribution in [2.24, 2.45) is 11.8 Å². The van der Waals surface area contributed by atoms with Gasteiger partial charge in [0.05, 0.1) is 5.56 Å². The van der Waals surface area contributed by atoms with Crippen molar-refractivity contribution in [3.8, 4) is 0 Å². The molecule has 6 rings (SSSR count). The lowest BCUT2D eigenvalue weighted by molar-refractivity contribution is -0.140. The van der Waals surface area contributed by atoms with Crippen LogP contribution in [0.5, 0.6) is 0 Å². The molecule has 2 aromatic rings. The van der Waals surface area contributed by atoms with Gasteiger partial charge in [-0.15, -0.1) is 0 Å². The molecule has 1 aliphatic heterocycles. The third-order valence-corrected chi connectivity index (χ3v) is 8.47. The van der Waals surface area contributed by atoms with E-state index in [0.717, 1.165) is 43.6 Å². The zero-order valence-corrected chi connectivity index (χ0v) is 19.6. The van der Waals surface area contributed by atoms with Gasteiger partial charge in [-0.25, -0.2) is 4.98 Å². The molecule has 3 atom stereocenters. The first-order valence-corrected chi connectivity index (χ1v) is 12.4. The summed E-state index contributed by atoms with van der Waals surface area (Å²) in [5, 5.41) is -0.145. The molecule has 34 heavy (non-hydrogen) atoms. The fraction of sp³-hybridized carbons (Fsp3) is 0.625. The van der Waals surface area contributed by atoms with E-state index in [1.807, 2.05) is 11.8 Å². The van der Waals surface area contributed by atoms with Crippen molar-refractivity contribution < 1.29 is 22.8 Å². The van der Waals surface area contributed by atoms with E-state index in [1.165, 1.54) is 15.7 Å². The smallest absolute Gasteiger partial charge is 0.336 e. The molecule has 4 aliphatic rings. The molecular weight excluding hydrogens is 469 g/mol. The molecular formula is C24H26ClF3N4O2. The first kappa shape index (κ1) is 22.2. The summed E-state index contributed by atoms with van der Waals surface area (Å²) in [5.41, 5.74) is -0.969. The van der Waals surface area contributed by atoms with E-state index in [0.29, 0.717) is 18.5 Å². The molecule has 3 heterocycles. The number of hydrogen-bond acceptors (Lipinski definition) is 3. The molecule has 0 N–H and O–H groups in total. The lowest BCUT2D eigenvalue weighted by atomic mass is 10.0. The molecule has 0 aromatic carbocycles. The maximum atomic E-state index is 13.8. The number of aromatic nitrogens is 2. The highest BCUT2D eigenvalue weighted by Gasteiger charge is 2.50. The molecule has 1 saturated heterocycles. The van der Waals surface area contributed by atoms with Crippen molar-refractivity contribution in [1.82, 2.24) is 19.2 Å². The number of nitrogens with zero attached hydrogens (tertiary/aromatic N) is 4. The number of hydrogen-bond donors (Lipinski definition) is 0. The third kappa shape index (κ3) is 3.58. The molecule has 0 bridgehead atoms. The van der Waals surface area contributed by atoms with Crippen molar-refractivity contribution in [3.05, 3.63) is 34.2 Å². The Hall–Kier alpha value is -2.29. The quantitative estimate of drug-likeness (QED) is 0.616. The summed E-state index contributed by atoms with van der Waals surface area (Å²) in [6.07, 6.45) is 2.53. The zero-order chi connectivity index (χ0) is 23.9. The number of alkyl halides is 3. The van der Waals surface area contributed by atoms with Crippen LogP contribution in [0.1, 0.15) is 73.0 Å². The minimum absolute atomic E-state index is 0.0694. The Morgan fingerprint density at radius 1 is 1.21 bits per heavy atom. The highest BCUT2D eigenvalue weighted by molar-refractivity contribution is 6.33. The number of halogens is 4. The SMILES string of the molecule is CCC1CN(C2CC3CC3C2)C(=O)CN1C(=O)c1nc2c(C(F)(F)F)cc(C3CC3)cn2c1Cl. The number of rotatable bonds is 4. The van der Waals surface area contributed by atoms with Crippen LogP contribution >= 0.6 is 11.6 Å². The molecule has 3 saturated carbocycles. The summed E-state index contributed by atoms with van der Waals surface area (Å²) in [4.78, 5) is 33.9. The average molecular weight is 495 g/mol. The Morgan fingerprint density at radius 2 is 1.91 bits per heavy atom. The predicted octanol–water partition coefficient (Wildman–Crippen LogP) is 4.75. The average Bonchev–Trinajstić information content (AvgIpc) is 3.72. The van der Waals surface area contributed by atoms with Gasteiger partial charge in [0.25, 0.3) is 5.91 Å². The first-order chi connectivity index (χ1) is 16.2. The van der Waals surface area contributed by atoms with Crippen LogP contribution in [0.25, 0.3) is 5.65 Å². The monoisotopic (exact) mass is 494 g/mol. The maximum Gasteiger partial charge on any atom is 0.419 e. The second-order valence-electron chi connectivity index (χ2n) is 10.3. The number of amides is 2. The Kier molecular flexibility index (Phi) is 4.96. The number of fused-ring (bicyclic) bond motifs is 2. The predicted molar refractivity (Wildman–Crippen MR) is 119 cm³/mol. The topological polar surface area (TPSA) is 57.9 Å². The fourth-order valence-corrected chi connectivity index (χ4v) is 6.18. The molecule has 10 heteroatoms. The molecule has 2 amide bonds. The van der Waals surface area contributed by atoms with Crippen LogP contribution in [0.2, 0.25) is 5.15 Å². The molecule has 6 nitrogen and oxygen atoms in total. The number of carbonyl (C=O) groups is 2. The van der Waals surface area contributed by atoms with Gasteiger partial charge in [0.15, 0.2) is 11.3 Å². The number of carbonyl (C=O) groups excluding carboxylic acids is 2.